The predicted molar refractivity (Wildman–Crippen MR) is 66.0 cm³/mol. The number of hydrogen-bond acceptors (Lipinski definition) is 2. The van der Waals surface area contributed by atoms with E-state index in [0.717, 1.165) is 32.0 Å². The minimum absolute atomic E-state index is 0.417. The van der Waals surface area contributed by atoms with Gasteiger partial charge in [0.15, 0.2) is 0 Å². The van der Waals surface area contributed by atoms with Gasteiger partial charge in [0, 0.05) is 12.6 Å². The molecule has 1 aliphatic rings. The molecule has 1 aromatic carbocycles. The number of hydrogen-bond donors (Lipinski definition) is 1. The van der Waals surface area contributed by atoms with Crippen molar-refractivity contribution in [1.29, 1.82) is 0 Å². The van der Waals surface area contributed by atoms with Gasteiger partial charge in [0.05, 0.1) is 6.61 Å². The molecule has 0 radical (unpaired) electrons. The van der Waals surface area contributed by atoms with Crippen LogP contribution in [0.25, 0.3) is 0 Å². The lowest BCUT2D eigenvalue weighted by Crippen LogP contribution is -2.22. The third-order valence-corrected chi connectivity index (χ3v) is 3.17. The van der Waals surface area contributed by atoms with Gasteiger partial charge in [-0.05, 0) is 37.2 Å². The summed E-state index contributed by atoms with van der Waals surface area (Å²) in [5, 5.41) is 0. The largest absolute Gasteiger partial charge is 0.377 e. The number of rotatable bonds is 7. The standard InChI is InChI=1S/C14H21NO/c15-14(13-8-9-13)7-4-10-16-11-12-5-2-1-3-6-12/h1-3,5-6,13-14H,4,7-11,15H2. The first kappa shape index (κ1) is 11.6. The van der Waals surface area contributed by atoms with Crippen molar-refractivity contribution < 1.29 is 4.74 Å². The summed E-state index contributed by atoms with van der Waals surface area (Å²) in [5.74, 6) is 0.814. The van der Waals surface area contributed by atoms with Crippen LogP contribution in [-0.2, 0) is 11.3 Å². The number of ether oxygens (including phenoxy) is 1. The van der Waals surface area contributed by atoms with Crippen LogP contribution in [0.1, 0.15) is 31.2 Å². The third-order valence-electron chi connectivity index (χ3n) is 3.17. The monoisotopic (exact) mass is 219 g/mol. The van der Waals surface area contributed by atoms with Gasteiger partial charge in [-0.2, -0.15) is 0 Å². The van der Waals surface area contributed by atoms with E-state index in [1.54, 1.807) is 0 Å². The molecule has 88 valence electrons. The van der Waals surface area contributed by atoms with Crippen molar-refractivity contribution in [2.24, 2.45) is 11.7 Å². The Labute approximate surface area is 97.8 Å². The van der Waals surface area contributed by atoms with Crippen LogP contribution in [-0.4, -0.2) is 12.6 Å². The summed E-state index contributed by atoms with van der Waals surface area (Å²) in [5.41, 5.74) is 7.26. The van der Waals surface area contributed by atoms with E-state index in [0.29, 0.717) is 6.04 Å². The maximum atomic E-state index is 6.02. The number of benzene rings is 1. The van der Waals surface area contributed by atoms with Crippen molar-refractivity contribution in [3.8, 4) is 0 Å². The fourth-order valence-corrected chi connectivity index (χ4v) is 1.95. The molecule has 0 amide bonds. The summed E-state index contributed by atoms with van der Waals surface area (Å²) >= 11 is 0. The molecule has 0 spiro atoms. The molecule has 1 unspecified atom stereocenters. The molecule has 0 heterocycles. The Morgan fingerprint density at radius 2 is 2.00 bits per heavy atom. The highest BCUT2D eigenvalue weighted by Gasteiger charge is 2.27. The second-order valence-corrected chi connectivity index (χ2v) is 4.68. The fourth-order valence-electron chi connectivity index (χ4n) is 1.95. The van der Waals surface area contributed by atoms with Crippen LogP contribution in [0.4, 0.5) is 0 Å². The van der Waals surface area contributed by atoms with E-state index in [9.17, 15) is 0 Å². The Kier molecular flexibility index (Phi) is 4.37. The minimum atomic E-state index is 0.417. The maximum absolute atomic E-state index is 6.02. The van der Waals surface area contributed by atoms with E-state index in [-0.39, 0.29) is 0 Å². The number of nitrogens with two attached hydrogens (primary N) is 1. The second kappa shape index (κ2) is 6.02. The van der Waals surface area contributed by atoms with Crippen LogP contribution < -0.4 is 5.73 Å². The molecule has 1 atom stereocenters. The first-order valence-corrected chi connectivity index (χ1v) is 6.23. The molecule has 0 saturated heterocycles. The highest BCUT2D eigenvalue weighted by atomic mass is 16.5. The third kappa shape index (κ3) is 3.95. The van der Waals surface area contributed by atoms with Gasteiger partial charge < -0.3 is 10.5 Å². The van der Waals surface area contributed by atoms with Gasteiger partial charge in [-0.3, -0.25) is 0 Å². The van der Waals surface area contributed by atoms with Crippen molar-refractivity contribution in [3.05, 3.63) is 35.9 Å². The van der Waals surface area contributed by atoms with Gasteiger partial charge in [-0.25, -0.2) is 0 Å². The lowest BCUT2D eigenvalue weighted by Gasteiger charge is -2.09. The Hall–Kier alpha value is -0.860. The van der Waals surface area contributed by atoms with Crippen LogP contribution in [0.5, 0.6) is 0 Å². The van der Waals surface area contributed by atoms with Crippen LogP contribution in [0.3, 0.4) is 0 Å². The zero-order valence-electron chi connectivity index (χ0n) is 9.77. The van der Waals surface area contributed by atoms with Gasteiger partial charge in [-0.15, -0.1) is 0 Å². The van der Waals surface area contributed by atoms with E-state index < -0.39 is 0 Å². The molecule has 1 saturated carbocycles. The lowest BCUT2D eigenvalue weighted by atomic mass is 10.1. The smallest absolute Gasteiger partial charge is 0.0716 e. The van der Waals surface area contributed by atoms with Gasteiger partial charge in [0.1, 0.15) is 0 Å². The van der Waals surface area contributed by atoms with Gasteiger partial charge in [0.2, 0.25) is 0 Å². The zero-order chi connectivity index (χ0) is 11.2. The summed E-state index contributed by atoms with van der Waals surface area (Å²) in [6.45, 7) is 1.55. The molecule has 1 fully saturated rings. The quantitative estimate of drug-likeness (QED) is 0.716. The van der Waals surface area contributed by atoms with Crippen molar-refractivity contribution >= 4 is 0 Å². The van der Waals surface area contributed by atoms with Crippen molar-refractivity contribution in [1.82, 2.24) is 0 Å². The molecule has 0 bridgehead atoms. The maximum Gasteiger partial charge on any atom is 0.0716 e. The summed E-state index contributed by atoms with van der Waals surface area (Å²) in [6, 6.07) is 10.7. The molecule has 16 heavy (non-hydrogen) atoms. The Balaban J connectivity index is 1.52. The summed E-state index contributed by atoms with van der Waals surface area (Å²) in [7, 11) is 0. The first-order chi connectivity index (χ1) is 7.86. The fraction of sp³-hybridized carbons (Fsp3) is 0.571. The Morgan fingerprint density at radius 3 is 2.69 bits per heavy atom. The zero-order valence-corrected chi connectivity index (χ0v) is 9.77. The van der Waals surface area contributed by atoms with Gasteiger partial charge in [0.25, 0.3) is 0 Å². The minimum Gasteiger partial charge on any atom is -0.377 e. The summed E-state index contributed by atoms with van der Waals surface area (Å²) in [6.07, 6.45) is 4.88. The summed E-state index contributed by atoms with van der Waals surface area (Å²) < 4.78 is 5.61. The normalized spacial score (nSPS) is 17.3. The Bertz CT molecular complexity index is 295. The Morgan fingerprint density at radius 1 is 1.25 bits per heavy atom. The SMILES string of the molecule is NC(CCCOCc1ccccc1)C1CC1. The predicted octanol–water partition coefficient (Wildman–Crippen LogP) is 2.72. The molecule has 0 aliphatic heterocycles. The average Bonchev–Trinajstić information content (AvgIpc) is 3.13. The molecule has 2 nitrogen and oxygen atoms in total. The topological polar surface area (TPSA) is 35.2 Å². The van der Waals surface area contributed by atoms with E-state index in [1.165, 1.54) is 18.4 Å². The van der Waals surface area contributed by atoms with Crippen molar-refractivity contribution in [2.45, 2.75) is 38.3 Å². The van der Waals surface area contributed by atoms with Crippen LogP contribution in [0, 0.1) is 5.92 Å². The second-order valence-electron chi connectivity index (χ2n) is 4.68. The van der Waals surface area contributed by atoms with E-state index in [1.807, 2.05) is 18.2 Å². The highest BCUT2D eigenvalue weighted by Crippen LogP contribution is 2.33. The molecule has 2 heteroatoms. The molecular formula is C14H21NO. The molecular weight excluding hydrogens is 198 g/mol. The molecule has 0 aromatic heterocycles. The van der Waals surface area contributed by atoms with Crippen molar-refractivity contribution in [3.63, 3.8) is 0 Å². The first-order valence-electron chi connectivity index (χ1n) is 6.23. The summed E-state index contributed by atoms with van der Waals surface area (Å²) in [4.78, 5) is 0. The van der Waals surface area contributed by atoms with Crippen LogP contribution >= 0.6 is 0 Å². The molecule has 2 rings (SSSR count). The van der Waals surface area contributed by atoms with E-state index >= 15 is 0 Å². The van der Waals surface area contributed by atoms with Gasteiger partial charge in [-0.1, -0.05) is 30.3 Å². The lowest BCUT2D eigenvalue weighted by molar-refractivity contribution is 0.115. The van der Waals surface area contributed by atoms with Crippen LogP contribution in [0.15, 0.2) is 30.3 Å². The van der Waals surface area contributed by atoms with E-state index in [4.69, 9.17) is 10.5 Å². The highest BCUT2D eigenvalue weighted by molar-refractivity contribution is 5.13. The molecule has 1 aliphatic carbocycles. The molecule has 2 N–H and O–H groups in total. The van der Waals surface area contributed by atoms with Gasteiger partial charge >= 0.3 is 0 Å². The van der Waals surface area contributed by atoms with E-state index in [2.05, 4.69) is 12.1 Å². The molecule has 1 aromatic rings. The van der Waals surface area contributed by atoms with Crippen molar-refractivity contribution in [2.75, 3.05) is 6.61 Å². The van der Waals surface area contributed by atoms with Crippen LogP contribution in [0.2, 0.25) is 0 Å². The average molecular weight is 219 g/mol.